The summed E-state index contributed by atoms with van der Waals surface area (Å²) in [4.78, 5) is 44.6. The Bertz CT molecular complexity index is 949. The molecule has 9 heteroatoms. The molecule has 0 aromatic carbocycles. The number of nitrogens with two attached hydrogens (primary N) is 1. The number of nitrogen functional groups attached to an aromatic ring is 1. The molecule has 2 aromatic heterocycles. The Morgan fingerprint density at radius 1 is 1.19 bits per heavy atom. The molecular formula is C18H26N6O3. The third-order valence-electron chi connectivity index (χ3n) is 5.10. The number of nitrogens with zero attached hydrogens (tertiary/aromatic N) is 5. The number of ketones is 1. The summed E-state index contributed by atoms with van der Waals surface area (Å²) in [6.07, 6.45) is 6.62. The van der Waals surface area contributed by atoms with Crippen LogP contribution < -0.4 is 17.0 Å². The molecule has 0 spiro atoms. The highest BCUT2D eigenvalue weighted by molar-refractivity contribution is 6.01. The number of piperidine rings is 1. The van der Waals surface area contributed by atoms with Crippen molar-refractivity contribution in [1.29, 1.82) is 0 Å². The van der Waals surface area contributed by atoms with Gasteiger partial charge in [0.25, 0.3) is 5.56 Å². The van der Waals surface area contributed by atoms with Crippen LogP contribution in [0.1, 0.15) is 42.4 Å². The fourth-order valence-electron chi connectivity index (χ4n) is 3.50. The van der Waals surface area contributed by atoms with Crippen molar-refractivity contribution < 1.29 is 4.79 Å². The van der Waals surface area contributed by atoms with Gasteiger partial charge in [-0.15, -0.1) is 0 Å². The van der Waals surface area contributed by atoms with Crippen LogP contribution in [0, 0.1) is 0 Å². The lowest BCUT2D eigenvalue weighted by Crippen LogP contribution is -2.45. The smallest absolute Gasteiger partial charge is 0.333 e. The van der Waals surface area contributed by atoms with E-state index in [0.717, 1.165) is 36.9 Å². The van der Waals surface area contributed by atoms with E-state index in [0.29, 0.717) is 5.82 Å². The number of likely N-dealkylation sites (tertiary alicyclic amines) is 1. The number of Topliss-reactive ketones (excluding diaryl/α,β-unsaturated/α-hetero) is 1. The number of anilines is 1. The van der Waals surface area contributed by atoms with Crippen molar-refractivity contribution in [1.82, 2.24) is 23.6 Å². The van der Waals surface area contributed by atoms with E-state index in [9.17, 15) is 14.4 Å². The fourth-order valence-corrected chi connectivity index (χ4v) is 3.50. The maximum Gasteiger partial charge on any atom is 0.333 e. The molecule has 0 bridgehead atoms. The third-order valence-corrected chi connectivity index (χ3v) is 5.10. The SMILES string of the molecule is CCn1c(=O)c(C(=O)CN2CCCCC2)c(N)n(Cc2nccn2C)c1=O. The number of imidazole rings is 1. The second-order valence-corrected chi connectivity index (χ2v) is 6.89. The minimum Gasteiger partial charge on any atom is -0.384 e. The van der Waals surface area contributed by atoms with Gasteiger partial charge in [-0.2, -0.15) is 0 Å². The molecule has 0 saturated carbocycles. The van der Waals surface area contributed by atoms with Crippen LogP contribution >= 0.6 is 0 Å². The molecule has 9 nitrogen and oxygen atoms in total. The molecule has 0 radical (unpaired) electrons. The lowest BCUT2D eigenvalue weighted by molar-refractivity contribution is 0.0913. The average molecular weight is 374 g/mol. The molecule has 27 heavy (non-hydrogen) atoms. The number of rotatable bonds is 6. The van der Waals surface area contributed by atoms with Crippen LogP contribution in [-0.2, 0) is 20.1 Å². The summed E-state index contributed by atoms with van der Waals surface area (Å²) in [5, 5.41) is 0. The van der Waals surface area contributed by atoms with Crippen molar-refractivity contribution in [2.24, 2.45) is 7.05 Å². The van der Waals surface area contributed by atoms with Crippen molar-refractivity contribution in [3.8, 4) is 0 Å². The van der Waals surface area contributed by atoms with Gasteiger partial charge >= 0.3 is 5.69 Å². The lowest BCUT2D eigenvalue weighted by atomic mass is 10.1. The standard InChI is InChI=1S/C18H26N6O3/c1-3-23-17(26)15(13(25)11-22-8-5-4-6-9-22)16(19)24(18(23)27)12-14-20-7-10-21(14)2/h7,10H,3-6,8-9,11-12,19H2,1-2H3. The van der Waals surface area contributed by atoms with E-state index >= 15 is 0 Å². The second-order valence-electron chi connectivity index (χ2n) is 6.89. The zero-order valence-electron chi connectivity index (χ0n) is 15.8. The van der Waals surface area contributed by atoms with Crippen LogP contribution in [-0.4, -0.2) is 49.0 Å². The van der Waals surface area contributed by atoms with Crippen molar-refractivity contribution in [3.05, 3.63) is 44.6 Å². The maximum atomic E-state index is 12.9. The van der Waals surface area contributed by atoms with Gasteiger partial charge in [0, 0.05) is 26.0 Å². The molecular weight excluding hydrogens is 348 g/mol. The van der Waals surface area contributed by atoms with E-state index < -0.39 is 11.2 Å². The van der Waals surface area contributed by atoms with Crippen LogP contribution in [0.5, 0.6) is 0 Å². The largest absolute Gasteiger partial charge is 0.384 e. The maximum absolute atomic E-state index is 12.9. The number of carbonyl (C=O) groups is 1. The monoisotopic (exact) mass is 374 g/mol. The van der Waals surface area contributed by atoms with Crippen LogP contribution in [0.2, 0.25) is 0 Å². The lowest BCUT2D eigenvalue weighted by Gasteiger charge is -2.26. The summed E-state index contributed by atoms with van der Waals surface area (Å²) < 4.78 is 4.09. The normalized spacial score (nSPS) is 15.2. The van der Waals surface area contributed by atoms with Gasteiger partial charge in [0.2, 0.25) is 0 Å². The predicted octanol–water partition coefficient (Wildman–Crippen LogP) is 0.0625. The zero-order chi connectivity index (χ0) is 19.6. The summed E-state index contributed by atoms with van der Waals surface area (Å²) in [6.45, 7) is 3.77. The predicted molar refractivity (Wildman–Crippen MR) is 102 cm³/mol. The van der Waals surface area contributed by atoms with Gasteiger partial charge in [-0.3, -0.25) is 23.6 Å². The van der Waals surface area contributed by atoms with Gasteiger partial charge in [-0.25, -0.2) is 9.78 Å². The van der Waals surface area contributed by atoms with E-state index in [4.69, 9.17) is 5.73 Å². The molecule has 3 heterocycles. The Balaban J connectivity index is 2.03. The van der Waals surface area contributed by atoms with Gasteiger partial charge in [-0.1, -0.05) is 6.42 Å². The summed E-state index contributed by atoms with van der Waals surface area (Å²) >= 11 is 0. The molecule has 0 atom stereocenters. The first kappa shape index (κ1) is 19.1. The van der Waals surface area contributed by atoms with Crippen molar-refractivity contribution in [3.63, 3.8) is 0 Å². The Morgan fingerprint density at radius 2 is 1.89 bits per heavy atom. The Kier molecular flexibility index (Phi) is 5.59. The van der Waals surface area contributed by atoms with Gasteiger partial charge in [-0.05, 0) is 32.9 Å². The highest BCUT2D eigenvalue weighted by atomic mass is 16.2. The molecule has 2 N–H and O–H groups in total. The Morgan fingerprint density at radius 3 is 2.48 bits per heavy atom. The molecule has 1 fully saturated rings. The zero-order valence-corrected chi connectivity index (χ0v) is 15.8. The van der Waals surface area contributed by atoms with E-state index in [-0.39, 0.29) is 36.8 Å². The quantitative estimate of drug-likeness (QED) is 0.717. The molecule has 0 aliphatic carbocycles. The van der Waals surface area contributed by atoms with E-state index in [1.165, 1.54) is 4.57 Å². The number of hydrogen-bond donors (Lipinski definition) is 1. The van der Waals surface area contributed by atoms with Crippen LogP contribution in [0.25, 0.3) is 0 Å². The van der Waals surface area contributed by atoms with E-state index in [2.05, 4.69) is 4.98 Å². The third kappa shape index (κ3) is 3.73. The number of hydrogen-bond acceptors (Lipinski definition) is 6. The first-order chi connectivity index (χ1) is 12.9. The highest BCUT2D eigenvalue weighted by Crippen LogP contribution is 2.12. The Hall–Kier alpha value is -2.68. The number of aryl methyl sites for hydroxylation is 1. The molecule has 0 amide bonds. The summed E-state index contributed by atoms with van der Waals surface area (Å²) in [5.74, 6) is 0.189. The molecule has 146 valence electrons. The summed E-state index contributed by atoms with van der Waals surface area (Å²) in [5.41, 5.74) is 4.91. The van der Waals surface area contributed by atoms with Crippen molar-refractivity contribution >= 4 is 11.6 Å². The van der Waals surface area contributed by atoms with Gasteiger partial charge in [0.05, 0.1) is 13.1 Å². The first-order valence-corrected chi connectivity index (χ1v) is 9.28. The average Bonchev–Trinajstić information content (AvgIpc) is 3.04. The highest BCUT2D eigenvalue weighted by Gasteiger charge is 2.25. The Labute approximate surface area is 157 Å². The van der Waals surface area contributed by atoms with E-state index in [1.807, 2.05) is 11.9 Å². The minimum atomic E-state index is -0.613. The van der Waals surface area contributed by atoms with E-state index in [1.54, 1.807) is 23.9 Å². The van der Waals surface area contributed by atoms with Gasteiger partial charge in [0.15, 0.2) is 5.78 Å². The van der Waals surface area contributed by atoms with Crippen molar-refractivity contribution in [2.75, 3.05) is 25.4 Å². The van der Waals surface area contributed by atoms with Crippen LogP contribution in [0.3, 0.4) is 0 Å². The van der Waals surface area contributed by atoms with Crippen LogP contribution in [0.4, 0.5) is 5.82 Å². The molecule has 0 unspecified atom stereocenters. The number of carbonyl (C=O) groups excluding carboxylic acids is 1. The molecule has 3 rings (SSSR count). The topological polar surface area (TPSA) is 108 Å². The van der Waals surface area contributed by atoms with Crippen LogP contribution in [0.15, 0.2) is 22.0 Å². The van der Waals surface area contributed by atoms with Gasteiger partial charge in [0.1, 0.15) is 17.2 Å². The molecule has 1 aliphatic rings. The fraction of sp³-hybridized carbons (Fsp3) is 0.556. The second kappa shape index (κ2) is 7.91. The van der Waals surface area contributed by atoms with Crippen molar-refractivity contribution in [2.45, 2.75) is 39.3 Å². The minimum absolute atomic E-state index is 0.0836. The summed E-state index contributed by atoms with van der Waals surface area (Å²) in [6, 6.07) is 0. The first-order valence-electron chi connectivity index (χ1n) is 9.28. The summed E-state index contributed by atoms with van der Waals surface area (Å²) in [7, 11) is 1.81. The van der Waals surface area contributed by atoms with Gasteiger partial charge < -0.3 is 10.3 Å². The molecule has 2 aromatic rings. The number of aromatic nitrogens is 4. The molecule has 1 saturated heterocycles. The molecule has 1 aliphatic heterocycles.